The van der Waals surface area contributed by atoms with Crippen LogP contribution in [0.2, 0.25) is 0 Å². The predicted octanol–water partition coefficient (Wildman–Crippen LogP) is 2.16. The summed E-state index contributed by atoms with van der Waals surface area (Å²) < 4.78 is 0. The van der Waals surface area contributed by atoms with Crippen molar-refractivity contribution in [1.82, 2.24) is 14.8 Å². The second kappa shape index (κ2) is 4.55. The third kappa shape index (κ3) is 1.81. The number of nitrogens with zero attached hydrogens (tertiary/aromatic N) is 3. The Morgan fingerprint density at radius 3 is 2.90 bits per heavy atom. The Morgan fingerprint density at radius 1 is 1.19 bits per heavy atom. The highest BCUT2D eigenvalue weighted by Gasteiger charge is 2.47. The van der Waals surface area contributed by atoms with Gasteiger partial charge in [0, 0.05) is 18.1 Å². The molecule has 21 heavy (non-hydrogen) atoms. The van der Waals surface area contributed by atoms with E-state index < -0.39 is 0 Å². The summed E-state index contributed by atoms with van der Waals surface area (Å²) in [6.07, 6.45) is 3.44. The number of pyridine rings is 1. The monoisotopic (exact) mass is 281 g/mol. The second-order valence-corrected chi connectivity index (χ2v) is 5.55. The number of hydrogen-bond donors (Lipinski definition) is 0. The summed E-state index contributed by atoms with van der Waals surface area (Å²) in [7, 11) is 0. The van der Waals surface area contributed by atoms with E-state index in [-0.39, 0.29) is 18.0 Å². The highest BCUT2D eigenvalue weighted by Crippen LogP contribution is 2.29. The van der Waals surface area contributed by atoms with E-state index in [1.54, 1.807) is 11.1 Å². The van der Waals surface area contributed by atoms with Crippen molar-refractivity contribution in [2.45, 2.75) is 25.4 Å². The lowest BCUT2D eigenvalue weighted by Gasteiger charge is -2.16. The minimum absolute atomic E-state index is 0.0644. The molecular weight excluding hydrogens is 266 g/mol. The lowest BCUT2D eigenvalue weighted by Crippen LogP contribution is -2.32. The summed E-state index contributed by atoms with van der Waals surface area (Å²) in [4.78, 5) is 32.2. The number of aromatic nitrogens is 1. The summed E-state index contributed by atoms with van der Waals surface area (Å²) in [6.45, 7) is 0.999. The normalized spacial score (nSPS) is 21.4. The Labute approximate surface area is 122 Å². The standard InChI is InChI=1S/C16H15N3O2/c20-15-13-7-3-9-18(13)16(21)19(15)10-12-5-1-4-11-6-2-8-17-14(11)12/h1-2,4-6,8,13H,3,7,9-10H2. The van der Waals surface area contributed by atoms with Crippen LogP contribution in [0.15, 0.2) is 36.5 Å². The number of urea groups is 1. The van der Waals surface area contributed by atoms with E-state index in [1.165, 1.54) is 4.90 Å². The van der Waals surface area contributed by atoms with Gasteiger partial charge in [0.2, 0.25) is 0 Å². The molecule has 2 aliphatic rings. The molecule has 0 bridgehead atoms. The molecule has 0 spiro atoms. The largest absolute Gasteiger partial charge is 0.327 e. The Balaban J connectivity index is 1.69. The maximum absolute atomic E-state index is 12.4. The van der Waals surface area contributed by atoms with E-state index in [4.69, 9.17) is 0 Å². The number of rotatable bonds is 2. The van der Waals surface area contributed by atoms with E-state index in [2.05, 4.69) is 4.98 Å². The average Bonchev–Trinajstić information content (AvgIpc) is 3.07. The molecule has 1 aromatic carbocycles. The van der Waals surface area contributed by atoms with Gasteiger partial charge in [-0.25, -0.2) is 4.79 Å². The van der Waals surface area contributed by atoms with Gasteiger partial charge in [-0.3, -0.25) is 14.7 Å². The molecule has 3 amide bonds. The van der Waals surface area contributed by atoms with Crippen LogP contribution in [0.25, 0.3) is 10.9 Å². The van der Waals surface area contributed by atoms with Crippen LogP contribution < -0.4 is 0 Å². The highest BCUT2D eigenvalue weighted by molar-refractivity contribution is 6.04. The fraction of sp³-hybridized carbons (Fsp3) is 0.312. The van der Waals surface area contributed by atoms with Gasteiger partial charge in [0.05, 0.1) is 12.1 Å². The van der Waals surface area contributed by atoms with Crippen LogP contribution in [0.5, 0.6) is 0 Å². The molecule has 1 aromatic heterocycles. The number of carbonyl (C=O) groups excluding carboxylic acids is 2. The molecule has 106 valence electrons. The summed E-state index contributed by atoms with van der Waals surface area (Å²) in [5.41, 5.74) is 1.77. The molecule has 2 aromatic rings. The highest BCUT2D eigenvalue weighted by atomic mass is 16.2. The fourth-order valence-electron chi connectivity index (χ4n) is 3.29. The summed E-state index contributed by atoms with van der Waals surface area (Å²) in [5, 5.41) is 1.02. The molecule has 2 aliphatic heterocycles. The van der Waals surface area contributed by atoms with Crippen molar-refractivity contribution in [1.29, 1.82) is 0 Å². The third-order valence-corrected chi connectivity index (χ3v) is 4.33. The van der Waals surface area contributed by atoms with E-state index >= 15 is 0 Å². The first kappa shape index (κ1) is 12.3. The number of hydrogen-bond acceptors (Lipinski definition) is 3. The van der Waals surface area contributed by atoms with Gasteiger partial charge in [-0.05, 0) is 24.5 Å². The SMILES string of the molecule is O=C1C2CCCN2C(=O)N1Cc1cccc2cccnc12. The molecule has 0 radical (unpaired) electrons. The lowest BCUT2D eigenvalue weighted by molar-refractivity contribution is -0.128. The molecule has 1 atom stereocenters. The van der Waals surface area contributed by atoms with Gasteiger partial charge < -0.3 is 4.90 Å². The minimum atomic E-state index is -0.236. The Kier molecular flexibility index (Phi) is 2.67. The third-order valence-electron chi connectivity index (χ3n) is 4.33. The zero-order chi connectivity index (χ0) is 14.4. The molecule has 2 fully saturated rings. The van der Waals surface area contributed by atoms with Crippen LogP contribution in [-0.4, -0.2) is 39.3 Å². The van der Waals surface area contributed by atoms with E-state index in [0.717, 1.165) is 29.3 Å². The first-order valence-corrected chi connectivity index (χ1v) is 7.20. The summed E-state index contributed by atoms with van der Waals surface area (Å²) in [5.74, 6) is -0.0644. The number of imide groups is 1. The van der Waals surface area contributed by atoms with Gasteiger partial charge in [-0.15, -0.1) is 0 Å². The molecule has 1 unspecified atom stereocenters. The quantitative estimate of drug-likeness (QED) is 0.793. The van der Waals surface area contributed by atoms with Crippen molar-refractivity contribution in [2.24, 2.45) is 0 Å². The van der Waals surface area contributed by atoms with Crippen molar-refractivity contribution in [3.63, 3.8) is 0 Å². The van der Waals surface area contributed by atoms with Crippen molar-refractivity contribution < 1.29 is 9.59 Å². The number of carbonyl (C=O) groups is 2. The molecule has 0 saturated carbocycles. The molecule has 5 heteroatoms. The second-order valence-electron chi connectivity index (χ2n) is 5.55. The van der Waals surface area contributed by atoms with Gasteiger partial charge >= 0.3 is 6.03 Å². The molecule has 0 N–H and O–H groups in total. The Morgan fingerprint density at radius 2 is 2.05 bits per heavy atom. The summed E-state index contributed by atoms with van der Waals surface area (Å²) in [6, 6.07) is 9.32. The van der Waals surface area contributed by atoms with Crippen molar-refractivity contribution in [3.8, 4) is 0 Å². The van der Waals surface area contributed by atoms with Gasteiger partial charge in [0.25, 0.3) is 5.91 Å². The molecular formula is C16H15N3O2. The Hall–Kier alpha value is -2.43. The topological polar surface area (TPSA) is 53.5 Å². The van der Waals surface area contributed by atoms with Gasteiger partial charge in [-0.2, -0.15) is 0 Å². The lowest BCUT2D eigenvalue weighted by atomic mass is 10.1. The van der Waals surface area contributed by atoms with Crippen LogP contribution in [0, 0.1) is 0 Å². The Bertz CT molecular complexity index is 716. The number of para-hydroxylation sites is 1. The van der Waals surface area contributed by atoms with Gasteiger partial charge in [0.1, 0.15) is 6.04 Å². The molecule has 3 heterocycles. The summed E-state index contributed by atoms with van der Waals surface area (Å²) >= 11 is 0. The van der Waals surface area contributed by atoms with Crippen LogP contribution >= 0.6 is 0 Å². The minimum Gasteiger partial charge on any atom is -0.312 e. The molecule has 0 aliphatic carbocycles. The van der Waals surface area contributed by atoms with Crippen LogP contribution in [0.3, 0.4) is 0 Å². The number of fused-ring (bicyclic) bond motifs is 2. The fourth-order valence-corrected chi connectivity index (χ4v) is 3.29. The van der Waals surface area contributed by atoms with Crippen molar-refractivity contribution >= 4 is 22.8 Å². The molecule has 4 rings (SSSR count). The number of benzene rings is 1. The van der Waals surface area contributed by atoms with Gasteiger partial charge in [0.15, 0.2) is 0 Å². The smallest absolute Gasteiger partial charge is 0.312 e. The van der Waals surface area contributed by atoms with Crippen molar-refractivity contribution in [2.75, 3.05) is 6.54 Å². The predicted molar refractivity (Wildman–Crippen MR) is 77.4 cm³/mol. The maximum atomic E-state index is 12.4. The van der Waals surface area contributed by atoms with Crippen LogP contribution in [-0.2, 0) is 11.3 Å². The van der Waals surface area contributed by atoms with Gasteiger partial charge in [-0.1, -0.05) is 24.3 Å². The zero-order valence-corrected chi connectivity index (χ0v) is 11.5. The zero-order valence-electron chi connectivity index (χ0n) is 11.5. The van der Waals surface area contributed by atoms with Crippen LogP contribution in [0.4, 0.5) is 4.79 Å². The van der Waals surface area contributed by atoms with Crippen molar-refractivity contribution in [3.05, 3.63) is 42.1 Å². The average molecular weight is 281 g/mol. The molecule has 2 saturated heterocycles. The maximum Gasteiger partial charge on any atom is 0.327 e. The van der Waals surface area contributed by atoms with Crippen LogP contribution in [0.1, 0.15) is 18.4 Å². The first-order valence-electron chi connectivity index (χ1n) is 7.20. The first-order chi connectivity index (χ1) is 10.3. The van der Waals surface area contributed by atoms with E-state index in [9.17, 15) is 9.59 Å². The molecule has 5 nitrogen and oxygen atoms in total. The van der Waals surface area contributed by atoms with E-state index in [0.29, 0.717) is 13.1 Å². The van der Waals surface area contributed by atoms with E-state index in [1.807, 2.05) is 30.3 Å². The number of amides is 3.